The van der Waals surface area contributed by atoms with Crippen LogP contribution in [0.1, 0.15) is 16.5 Å². The van der Waals surface area contributed by atoms with Crippen molar-refractivity contribution >= 4 is 24.0 Å². The zero-order chi connectivity index (χ0) is 8.10. The monoisotopic (exact) mass is 187 g/mol. The van der Waals surface area contributed by atoms with E-state index < -0.39 is 0 Å². The molecule has 0 aromatic carbocycles. The van der Waals surface area contributed by atoms with Gasteiger partial charge in [0.15, 0.2) is 0 Å². The van der Waals surface area contributed by atoms with Gasteiger partial charge in [-0.25, -0.2) is 0 Å². The molecule has 1 aromatic heterocycles. The first-order chi connectivity index (χ1) is 5.34. The summed E-state index contributed by atoms with van der Waals surface area (Å²) in [5.74, 6) is 0. The summed E-state index contributed by atoms with van der Waals surface area (Å²) >= 11 is 6.27. The van der Waals surface area contributed by atoms with E-state index in [1.165, 1.54) is 4.88 Å². The van der Waals surface area contributed by atoms with Gasteiger partial charge in [-0.2, -0.15) is 12.6 Å². The van der Waals surface area contributed by atoms with Crippen molar-refractivity contribution in [2.75, 3.05) is 13.6 Å². The zero-order valence-corrected chi connectivity index (χ0v) is 8.29. The van der Waals surface area contributed by atoms with Crippen molar-refractivity contribution < 1.29 is 0 Å². The fourth-order valence-electron chi connectivity index (χ4n) is 0.904. The molecule has 1 aromatic rings. The molecule has 0 amide bonds. The average Bonchev–Trinajstić information content (AvgIpc) is 2.52. The minimum Gasteiger partial charge on any atom is -0.320 e. The van der Waals surface area contributed by atoms with Gasteiger partial charge in [-0.15, -0.1) is 11.3 Å². The number of thiophene rings is 1. The van der Waals surface area contributed by atoms with E-state index in [2.05, 4.69) is 35.5 Å². The number of thiol groups is 1. The predicted molar refractivity (Wildman–Crippen MR) is 54.6 cm³/mol. The Hall–Kier alpha value is 0.01000. The molecule has 1 nitrogen and oxygen atoms in total. The molecule has 0 aliphatic heterocycles. The molecular weight excluding hydrogens is 174 g/mol. The van der Waals surface area contributed by atoms with E-state index in [1.54, 1.807) is 11.3 Å². The fourth-order valence-corrected chi connectivity index (χ4v) is 2.05. The third kappa shape index (κ3) is 2.85. The lowest BCUT2D eigenvalue weighted by molar-refractivity contribution is 0.722. The minimum atomic E-state index is 0.405. The number of nitrogens with one attached hydrogen (secondary N) is 1. The Bertz CT molecular complexity index is 184. The van der Waals surface area contributed by atoms with Gasteiger partial charge in [0.25, 0.3) is 0 Å². The van der Waals surface area contributed by atoms with Crippen molar-refractivity contribution in [3.05, 3.63) is 22.4 Å². The molecule has 0 aliphatic carbocycles. The van der Waals surface area contributed by atoms with Gasteiger partial charge in [-0.3, -0.25) is 0 Å². The van der Waals surface area contributed by atoms with Gasteiger partial charge in [0, 0.05) is 10.1 Å². The normalized spacial score (nSPS) is 13.3. The summed E-state index contributed by atoms with van der Waals surface area (Å²) in [7, 11) is 1.97. The molecule has 0 saturated carbocycles. The number of rotatable bonds is 4. The van der Waals surface area contributed by atoms with E-state index in [9.17, 15) is 0 Å². The Labute approximate surface area is 77.2 Å². The molecule has 0 aliphatic rings. The van der Waals surface area contributed by atoms with Gasteiger partial charge < -0.3 is 5.32 Å². The van der Waals surface area contributed by atoms with Crippen LogP contribution in [0, 0.1) is 0 Å². The maximum absolute atomic E-state index is 4.49. The van der Waals surface area contributed by atoms with Crippen LogP contribution in [0.4, 0.5) is 0 Å². The van der Waals surface area contributed by atoms with Crippen LogP contribution < -0.4 is 5.32 Å². The summed E-state index contributed by atoms with van der Waals surface area (Å²) in [4.78, 5) is 1.36. The van der Waals surface area contributed by atoms with E-state index >= 15 is 0 Å². The van der Waals surface area contributed by atoms with Crippen LogP contribution in [0.3, 0.4) is 0 Å². The zero-order valence-electron chi connectivity index (χ0n) is 6.58. The highest BCUT2D eigenvalue weighted by molar-refractivity contribution is 7.80. The third-order valence-corrected chi connectivity index (χ3v) is 3.24. The van der Waals surface area contributed by atoms with E-state index in [1.807, 2.05) is 7.05 Å². The largest absolute Gasteiger partial charge is 0.320 e. The lowest BCUT2D eigenvalue weighted by atomic mass is 10.2. The highest BCUT2D eigenvalue weighted by atomic mass is 32.1. The molecule has 1 atom stereocenters. The van der Waals surface area contributed by atoms with Crippen LogP contribution in [0.2, 0.25) is 0 Å². The van der Waals surface area contributed by atoms with E-state index in [0.29, 0.717) is 5.25 Å². The van der Waals surface area contributed by atoms with Crippen molar-refractivity contribution in [1.29, 1.82) is 0 Å². The first kappa shape index (κ1) is 9.10. The molecule has 62 valence electrons. The first-order valence-corrected chi connectivity index (χ1v) is 5.10. The maximum Gasteiger partial charge on any atom is 0.0373 e. The molecular formula is C8H13NS2. The summed E-state index contributed by atoms with van der Waals surface area (Å²) in [6.45, 7) is 1.03. The molecule has 0 saturated heterocycles. The van der Waals surface area contributed by atoms with Crippen LogP contribution >= 0.6 is 24.0 Å². The quantitative estimate of drug-likeness (QED) is 0.689. The van der Waals surface area contributed by atoms with Crippen LogP contribution in [0.25, 0.3) is 0 Å². The molecule has 0 spiro atoms. The molecule has 1 heterocycles. The van der Waals surface area contributed by atoms with Gasteiger partial charge in [0.05, 0.1) is 0 Å². The SMILES string of the molecule is CNCCC(S)c1cccs1. The summed E-state index contributed by atoms with van der Waals surface area (Å²) < 4.78 is 0. The maximum atomic E-state index is 4.49. The van der Waals surface area contributed by atoms with Crippen LogP contribution in [0.15, 0.2) is 17.5 Å². The molecule has 0 bridgehead atoms. The summed E-state index contributed by atoms with van der Waals surface area (Å²) in [6, 6.07) is 4.21. The van der Waals surface area contributed by atoms with Crippen LogP contribution in [0.5, 0.6) is 0 Å². The molecule has 0 fully saturated rings. The lowest BCUT2D eigenvalue weighted by Crippen LogP contribution is -2.09. The van der Waals surface area contributed by atoms with Gasteiger partial charge in [-0.1, -0.05) is 6.07 Å². The summed E-state index contributed by atoms with van der Waals surface area (Å²) in [5, 5.41) is 5.62. The molecule has 1 unspecified atom stereocenters. The second kappa shape index (κ2) is 4.80. The predicted octanol–water partition coefficient (Wildman–Crippen LogP) is 2.33. The molecule has 0 radical (unpaired) electrons. The lowest BCUT2D eigenvalue weighted by Gasteiger charge is -2.06. The van der Waals surface area contributed by atoms with Crippen LogP contribution in [-0.2, 0) is 0 Å². The van der Waals surface area contributed by atoms with Crippen LogP contribution in [-0.4, -0.2) is 13.6 Å². The first-order valence-electron chi connectivity index (χ1n) is 3.70. The number of hydrogen-bond donors (Lipinski definition) is 2. The minimum absolute atomic E-state index is 0.405. The van der Waals surface area contributed by atoms with E-state index in [4.69, 9.17) is 0 Å². The highest BCUT2D eigenvalue weighted by Crippen LogP contribution is 2.26. The Kier molecular flexibility index (Phi) is 3.97. The van der Waals surface area contributed by atoms with Crippen molar-refractivity contribution in [3.63, 3.8) is 0 Å². The Morgan fingerprint density at radius 3 is 3.09 bits per heavy atom. The summed E-state index contributed by atoms with van der Waals surface area (Å²) in [5.41, 5.74) is 0. The standard InChI is InChI=1S/C8H13NS2/c1-9-5-4-7(10)8-3-2-6-11-8/h2-3,6-7,9-10H,4-5H2,1H3. The highest BCUT2D eigenvalue weighted by Gasteiger charge is 2.05. The topological polar surface area (TPSA) is 12.0 Å². The van der Waals surface area contributed by atoms with Crippen molar-refractivity contribution in [3.8, 4) is 0 Å². The second-order valence-corrected chi connectivity index (χ2v) is 4.03. The van der Waals surface area contributed by atoms with Crippen molar-refractivity contribution in [2.45, 2.75) is 11.7 Å². The Morgan fingerprint density at radius 1 is 1.73 bits per heavy atom. The van der Waals surface area contributed by atoms with Crippen molar-refractivity contribution in [2.24, 2.45) is 0 Å². The van der Waals surface area contributed by atoms with Gasteiger partial charge in [0.1, 0.15) is 0 Å². The number of hydrogen-bond acceptors (Lipinski definition) is 3. The molecule has 11 heavy (non-hydrogen) atoms. The third-order valence-electron chi connectivity index (χ3n) is 1.54. The van der Waals surface area contributed by atoms with Crippen molar-refractivity contribution in [1.82, 2.24) is 5.32 Å². The van der Waals surface area contributed by atoms with Gasteiger partial charge in [0.2, 0.25) is 0 Å². The Balaban J connectivity index is 2.36. The van der Waals surface area contributed by atoms with Gasteiger partial charge >= 0.3 is 0 Å². The fraction of sp³-hybridized carbons (Fsp3) is 0.500. The van der Waals surface area contributed by atoms with Gasteiger partial charge in [-0.05, 0) is 31.5 Å². The molecule has 1 rings (SSSR count). The molecule has 3 heteroatoms. The second-order valence-electron chi connectivity index (χ2n) is 2.42. The Morgan fingerprint density at radius 2 is 2.55 bits per heavy atom. The summed E-state index contributed by atoms with van der Waals surface area (Å²) in [6.07, 6.45) is 1.10. The smallest absolute Gasteiger partial charge is 0.0373 e. The molecule has 1 N–H and O–H groups in total. The average molecular weight is 187 g/mol. The van der Waals surface area contributed by atoms with E-state index in [-0.39, 0.29) is 0 Å². The van der Waals surface area contributed by atoms with E-state index in [0.717, 1.165) is 13.0 Å².